The first-order valence-corrected chi connectivity index (χ1v) is 5.65. The van der Waals surface area contributed by atoms with Crippen molar-refractivity contribution < 1.29 is 14.3 Å². The van der Waals surface area contributed by atoms with Gasteiger partial charge in [0.25, 0.3) is 5.91 Å². The Balaban J connectivity index is 2.18. The summed E-state index contributed by atoms with van der Waals surface area (Å²) in [5.41, 5.74) is 1.49. The summed E-state index contributed by atoms with van der Waals surface area (Å²) in [6.07, 6.45) is 1.66. The molecule has 0 saturated heterocycles. The standard InChI is InChI=1S/C11H16N2O3/c1-2-16-11(15)8-6-13-9-7(8)4-3-5-12-10(9)14/h8,13H,2-6H2,1H3,(H,12,14). The van der Waals surface area contributed by atoms with Crippen molar-refractivity contribution in [1.82, 2.24) is 10.6 Å². The Hall–Kier alpha value is -1.52. The molecule has 0 aromatic carbocycles. The van der Waals surface area contributed by atoms with Crippen LogP contribution in [0, 0.1) is 5.92 Å². The van der Waals surface area contributed by atoms with E-state index in [1.165, 1.54) is 0 Å². The van der Waals surface area contributed by atoms with Crippen molar-refractivity contribution in [2.24, 2.45) is 5.92 Å². The third-order valence-electron chi connectivity index (χ3n) is 2.93. The Kier molecular flexibility index (Phi) is 3.12. The van der Waals surface area contributed by atoms with E-state index in [1.807, 2.05) is 0 Å². The van der Waals surface area contributed by atoms with Crippen LogP contribution in [0.1, 0.15) is 19.8 Å². The van der Waals surface area contributed by atoms with Crippen LogP contribution in [-0.4, -0.2) is 31.6 Å². The van der Waals surface area contributed by atoms with E-state index in [4.69, 9.17) is 4.74 Å². The molecule has 5 heteroatoms. The van der Waals surface area contributed by atoms with Gasteiger partial charge in [-0.05, 0) is 25.3 Å². The molecule has 0 saturated carbocycles. The van der Waals surface area contributed by atoms with Gasteiger partial charge in [0.15, 0.2) is 0 Å². The second kappa shape index (κ2) is 4.55. The van der Waals surface area contributed by atoms with E-state index >= 15 is 0 Å². The Morgan fingerprint density at radius 3 is 3.06 bits per heavy atom. The Morgan fingerprint density at radius 1 is 1.50 bits per heavy atom. The van der Waals surface area contributed by atoms with Crippen LogP contribution in [0.3, 0.4) is 0 Å². The van der Waals surface area contributed by atoms with Gasteiger partial charge >= 0.3 is 5.97 Å². The molecule has 0 aliphatic carbocycles. The average molecular weight is 224 g/mol. The minimum atomic E-state index is -0.279. The molecule has 2 aliphatic heterocycles. The first-order chi connectivity index (χ1) is 7.74. The molecule has 0 spiro atoms. The number of esters is 1. The zero-order chi connectivity index (χ0) is 11.5. The van der Waals surface area contributed by atoms with Gasteiger partial charge in [-0.2, -0.15) is 0 Å². The fourth-order valence-electron chi connectivity index (χ4n) is 2.18. The molecule has 2 N–H and O–H groups in total. The fraction of sp³-hybridized carbons (Fsp3) is 0.636. The van der Waals surface area contributed by atoms with E-state index < -0.39 is 0 Å². The van der Waals surface area contributed by atoms with E-state index in [0.29, 0.717) is 25.4 Å². The number of nitrogens with one attached hydrogen (secondary N) is 2. The molecule has 0 aromatic rings. The topological polar surface area (TPSA) is 67.4 Å². The number of rotatable bonds is 2. The molecule has 2 rings (SSSR count). The minimum Gasteiger partial charge on any atom is -0.465 e. The zero-order valence-electron chi connectivity index (χ0n) is 9.34. The third kappa shape index (κ3) is 1.89. The van der Waals surface area contributed by atoms with Crippen LogP contribution in [0.4, 0.5) is 0 Å². The number of amides is 1. The maximum Gasteiger partial charge on any atom is 0.314 e. The molecular formula is C11H16N2O3. The van der Waals surface area contributed by atoms with Gasteiger partial charge in [0, 0.05) is 13.1 Å². The van der Waals surface area contributed by atoms with Crippen molar-refractivity contribution in [3.63, 3.8) is 0 Å². The van der Waals surface area contributed by atoms with Gasteiger partial charge in [-0.1, -0.05) is 0 Å². The average Bonchev–Trinajstić information content (AvgIpc) is 2.60. The molecule has 2 heterocycles. The normalized spacial score (nSPS) is 24.3. The first-order valence-electron chi connectivity index (χ1n) is 5.65. The van der Waals surface area contributed by atoms with Crippen molar-refractivity contribution >= 4 is 11.9 Å². The van der Waals surface area contributed by atoms with Crippen LogP contribution >= 0.6 is 0 Å². The molecule has 1 amide bonds. The predicted octanol–water partition coefficient (Wildman–Crippen LogP) is -0.0670. The summed E-state index contributed by atoms with van der Waals surface area (Å²) in [6, 6.07) is 0. The maximum absolute atomic E-state index is 11.7. The van der Waals surface area contributed by atoms with Crippen molar-refractivity contribution in [3.05, 3.63) is 11.3 Å². The summed E-state index contributed by atoms with van der Waals surface area (Å²) in [6.45, 7) is 3.32. The van der Waals surface area contributed by atoms with Crippen molar-refractivity contribution in [2.75, 3.05) is 19.7 Å². The molecule has 0 aromatic heterocycles. The highest BCUT2D eigenvalue weighted by atomic mass is 16.5. The van der Waals surface area contributed by atoms with E-state index in [0.717, 1.165) is 18.4 Å². The highest BCUT2D eigenvalue weighted by molar-refractivity contribution is 5.96. The van der Waals surface area contributed by atoms with Gasteiger partial charge in [0.05, 0.1) is 12.5 Å². The summed E-state index contributed by atoms with van der Waals surface area (Å²) in [4.78, 5) is 23.3. The number of ether oxygens (including phenoxy) is 1. The summed E-state index contributed by atoms with van der Waals surface area (Å²) < 4.78 is 5.01. The highest BCUT2D eigenvalue weighted by Gasteiger charge is 2.35. The lowest BCUT2D eigenvalue weighted by Crippen LogP contribution is -2.30. The third-order valence-corrected chi connectivity index (χ3v) is 2.93. The van der Waals surface area contributed by atoms with E-state index in [2.05, 4.69) is 10.6 Å². The molecule has 1 unspecified atom stereocenters. The van der Waals surface area contributed by atoms with E-state index in [9.17, 15) is 9.59 Å². The van der Waals surface area contributed by atoms with Gasteiger partial charge < -0.3 is 15.4 Å². The molecule has 2 aliphatic rings. The number of carbonyl (C=O) groups excluding carboxylic acids is 2. The lowest BCUT2D eigenvalue weighted by molar-refractivity contribution is -0.146. The highest BCUT2D eigenvalue weighted by Crippen LogP contribution is 2.27. The Morgan fingerprint density at radius 2 is 2.31 bits per heavy atom. The molecule has 1 atom stereocenters. The van der Waals surface area contributed by atoms with Gasteiger partial charge in [-0.15, -0.1) is 0 Å². The Labute approximate surface area is 94.2 Å². The van der Waals surface area contributed by atoms with Crippen molar-refractivity contribution in [2.45, 2.75) is 19.8 Å². The smallest absolute Gasteiger partial charge is 0.314 e. The predicted molar refractivity (Wildman–Crippen MR) is 57.4 cm³/mol. The second-order valence-corrected chi connectivity index (χ2v) is 3.95. The SMILES string of the molecule is CCOC(=O)C1CNC2=C1CCCNC2=O. The lowest BCUT2D eigenvalue weighted by Gasteiger charge is -2.11. The maximum atomic E-state index is 11.7. The van der Waals surface area contributed by atoms with Crippen LogP contribution < -0.4 is 10.6 Å². The monoisotopic (exact) mass is 224 g/mol. The minimum absolute atomic E-state index is 0.0979. The number of hydrogen-bond donors (Lipinski definition) is 2. The zero-order valence-corrected chi connectivity index (χ0v) is 9.34. The van der Waals surface area contributed by atoms with Crippen LogP contribution in [0.5, 0.6) is 0 Å². The molecule has 16 heavy (non-hydrogen) atoms. The molecule has 0 radical (unpaired) electrons. The molecule has 5 nitrogen and oxygen atoms in total. The van der Waals surface area contributed by atoms with Gasteiger partial charge in [0.2, 0.25) is 0 Å². The Bertz CT molecular complexity index is 349. The lowest BCUT2D eigenvalue weighted by atomic mass is 9.97. The van der Waals surface area contributed by atoms with Crippen LogP contribution in [0.15, 0.2) is 11.3 Å². The number of carbonyl (C=O) groups is 2. The molecular weight excluding hydrogens is 208 g/mol. The first kappa shape index (κ1) is 11.0. The van der Waals surface area contributed by atoms with Gasteiger partial charge in [-0.25, -0.2) is 0 Å². The molecule has 0 fully saturated rings. The van der Waals surface area contributed by atoms with Crippen LogP contribution in [0.25, 0.3) is 0 Å². The molecule has 0 bridgehead atoms. The summed E-state index contributed by atoms with van der Waals surface area (Å²) in [5.74, 6) is -0.604. The second-order valence-electron chi connectivity index (χ2n) is 3.95. The fourth-order valence-corrected chi connectivity index (χ4v) is 2.18. The van der Waals surface area contributed by atoms with Crippen molar-refractivity contribution in [3.8, 4) is 0 Å². The number of hydrogen-bond acceptors (Lipinski definition) is 4. The van der Waals surface area contributed by atoms with Gasteiger partial charge in [0.1, 0.15) is 5.70 Å². The van der Waals surface area contributed by atoms with Crippen LogP contribution in [0.2, 0.25) is 0 Å². The summed E-state index contributed by atoms with van der Waals surface area (Å²) in [5, 5.41) is 5.80. The molecule has 88 valence electrons. The largest absolute Gasteiger partial charge is 0.465 e. The van der Waals surface area contributed by atoms with E-state index in [-0.39, 0.29) is 17.8 Å². The van der Waals surface area contributed by atoms with Crippen molar-refractivity contribution in [1.29, 1.82) is 0 Å². The van der Waals surface area contributed by atoms with Crippen LogP contribution in [-0.2, 0) is 14.3 Å². The summed E-state index contributed by atoms with van der Waals surface area (Å²) in [7, 11) is 0. The van der Waals surface area contributed by atoms with E-state index in [1.54, 1.807) is 6.92 Å². The quantitative estimate of drug-likeness (QED) is 0.644. The summed E-state index contributed by atoms with van der Waals surface area (Å²) >= 11 is 0. The van der Waals surface area contributed by atoms with Gasteiger partial charge in [-0.3, -0.25) is 9.59 Å².